The Bertz CT molecular complexity index is 375. The largest absolute Gasteiger partial charge is 0.371 e. The number of aryl methyl sites for hydroxylation is 1. The standard InChI is InChI=1S/C16H26N2S/c1-3-18(15-6-4-5-14(2)13-15)11-12-19-16-7-9-17-10-8-16/h4-6,13,16-17H,3,7-12H2,1-2H3. The lowest BCUT2D eigenvalue weighted by Crippen LogP contribution is -2.31. The van der Waals surface area contributed by atoms with Crippen molar-refractivity contribution in [2.24, 2.45) is 0 Å². The third-order valence-electron chi connectivity index (χ3n) is 3.75. The minimum Gasteiger partial charge on any atom is -0.371 e. The average molecular weight is 278 g/mol. The molecule has 0 amide bonds. The molecule has 0 spiro atoms. The lowest BCUT2D eigenvalue weighted by Gasteiger charge is -2.26. The van der Waals surface area contributed by atoms with E-state index in [0.717, 1.165) is 18.3 Å². The zero-order valence-corrected chi connectivity index (χ0v) is 13.0. The van der Waals surface area contributed by atoms with Crippen LogP contribution < -0.4 is 10.2 Å². The average Bonchev–Trinajstić information content (AvgIpc) is 2.45. The molecule has 1 aromatic carbocycles. The van der Waals surface area contributed by atoms with Crippen LogP contribution in [0.25, 0.3) is 0 Å². The molecule has 0 aliphatic carbocycles. The number of rotatable bonds is 6. The van der Waals surface area contributed by atoms with Gasteiger partial charge in [0.1, 0.15) is 0 Å². The minimum atomic E-state index is 0.873. The van der Waals surface area contributed by atoms with Crippen molar-refractivity contribution in [3.05, 3.63) is 29.8 Å². The van der Waals surface area contributed by atoms with Gasteiger partial charge < -0.3 is 10.2 Å². The summed E-state index contributed by atoms with van der Waals surface area (Å²) >= 11 is 2.16. The third kappa shape index (κ3) is 4.73. The lowest BCUT2D eigenvalue weighted by molar-refractivity contribution is 0.531. The van der Waals surface area contributed by atoms with Crippen LogP contribution in [0.3, 0.4) is 0 Å². The van der Waals surface area contributed by atoms with E-state index in [-0.39, 0.29) is 0 Å². The van der Waals surface area contributed by atoms with E-state index >= 15 is 0 Å². The second kappa shape index (κ2) is 7.81. The van der Waals surface area contributed by atoms with Gasteiger partial charge in [0.05, 0.1) is 0 Å². The summed E-state index contributed by atoms with van der Waals surface area (Å²) in [5.41, 5.74) is 2.72. The van der Waals surface area contributed by atoms with Crippen molar-refractivity contribution >= 4 is 17.4 Å². The first-order valence-corrected chi connectivity index (χ1v) is 8.48. The van der Waals surface area contributed by atoms with Crippen molar-refractivity contribution < 1.29 is 0 Å². The first kappa shape index (κ1) is 14.7. The molecule has 1 aliphatic rings. The van der Waals surface area contributed by atoms with Gasteiger partial charge in [0.15, 0.2) is 0 Å². The predicted octanol–water partition coefficient (Wildman–Crippen LogP) is 3.31. The van der Waals surface area contributed by atoms with Crippen LogP contribution in [-0.2, 0) is 0 Å². The molecule has 0 unspecified atom stereocenters. The Labute approximate surface area is 122 Å². The van der Waals surface area contributed by atoms with Gasteiger partial charge in [-0.1, -0.05) is 12.1 Å². The van der Waals surface area contributed by atoms with Gasteiger partial charge in [-0.3, -0.25) is 0 Å². The highest BCUT2D eigenvalue weighted by Crippen LogP contribution is 2.21. The lowest BCUT2D eigenvalue weighted by atomic mass is 10.2. The fourth-order valence-electron chi connectivity index (χ4n) is 2.59. The van der Waals surface area contributed by atoms with Gasteiger partial charge in [-0.05, 0) is 57.5 Å². The van der Waals surface area contributed by atoms with E-state index in [0.29, 0.717) is 0 Å². The summed E-state index contributed by atoms with van der Waals surface area (Å²) in [5.74, 6) is 1.24. The molecule has 0 saturated carbocycles. The molecule has 1 aromatic rings. The highest BCUT2D eigenvalue weighted by atomic mass is 32.2. The molecule has 1 fully saturated rings. The molecule has 1 heterocycles. The first-order valence-electron chi connectivity index (χ1n) is 7.43. The van der Waals surface area contributed by atoms with E-state index in [2.05, 4.69) is 60.1 Å². The molecule has 1 saturated heterocycles. The monoisotopic (exact) mass is 278 g/mol. The van der Waals surface area contributed by atoms with Crippen LogP contribution >= 0.6 is 11.8 Å². The normalized spacial score (nSPS) is 16.5. The summed E-state index contributed by atoms with van der Waals surface area (Å²) in [6, 6.07) is 8.85. The van der Waals surface area contributed by atoms with Crippen LogP contribution in [0.15, 0.2) is 24.3 Å². The Morgan fingerprint density at radius 3 is 2.79 bits per heavy atom. The zero-order chi connectivity index (χ0) is 13.5. The molecular weight excluding hydrogens is 252 g/mol. The van der Waals surface area contributed by atoms with Crippen LogP contribution in [0.2, 0.25) is 0 Å². The highest BCUT2D eigenvalue weighted by molar-refractivity contribution is 7.99. The van der Waals surface area contributed by atoms with Gasteiger partial charge in [0, 0.05) is 29.8 Å². The van der Waals surface area contributed by atoms with Crippen molar-refractivity contribution in [3.8, 4) is 0 Å². The molecule has 0 atom stereocenters. The molecule has 19 heavy (non-hydrogen) atoms. The van der Waals surface area contributed by atoms with Crippen molar-refractivity contribution in [1.82, 2.24) is 5.32 Å². The van der Waals surface area contributed by atoms with Crippen molar-refractivity contribution in [1.29, 1.82) is 0 Å². The molecular formula is C16H26N2S. The minimum absolute atomic E-state index is 0.873. The van der Waals surface area contributed by atoms with Crippen molar-refractivity contribution in [3.63, 3.8) is 0 Å². The van der Waals surface area contributed by atoms with Crippen molar-refractivity contribution in [2.75, 3.05) is 36.8 Å². The number of piperidine rings is 1. The van der Waals surface area contributed by atoms with Gasteiger partial charge >= 0.3 is 0 Å². The smallest absolute Gasteiger partial charge is 0.0369 e. The number of nitrogens with zero attached hydrogens (tertiary/aromatic N) is 1. The summed E-state index contributed by atoms with van der Waals surface area (Å²) in [5, 5.41) is 4.31. The molecule has 106 valence electrons. The molecule has 1 N–H and O–H groups in total. The Hall–Kier alpha value is -0.670. The van der Waals surface area contributed by atoms with Crippen LogP contribution in [0.1, 0.15) is 25.3 Å². The van der Waals surface area contributed by atoms with E-state index in [1.807, 2.05) is 0 Å². The third-order valence-corrected chi connectivity index (χ3v) is 5.11. The van der Waals surface area contributed by atoms with E-state index in [4.69, 9.17) is 0 Å². The van der Waals surface area contributed by atoms with E-state index in [9.17, 15) is 0 Å². The molecule has 3 heteroatoms. The van der Waals surface area contributed by atoms with Gasteiger partial charge in [-0.15, -0.1) is 0 Å². The van der Waals surface area contributed by atoms with Gasteiger partial charge in [-0.25, -0.2) is 0 Å². The van der Waals surface area contributed by atoms with E-state index < -0.39 is 0 Å². The molecule has 2 nitrogen and oxygen atoms in total. The van der Waals surface area contributed by atoms with Crippen molar-refractivity contribution in [2.45, 2.75) is 31.9 Å². The first-order chi connectivity index (χ1) is 9.29. The van der Waals surface area contributed by atoms with Crippen LogP contribution in [-0.4, -0.2) is 37.2 Å². The number of thioether (sulfide) groups is 1. The molecule has 2 rings (SSSR count). The molecule has 0 bridgehead atoms. The van der Waals surface area contributed by atoms with Crippen LogP contribution in [0.5, 0.6) is 0 Å². The summed E-state index contributed by atoms with van der Waals surface area (Å²) in [6.07, 6.45) is 2.67. The fourth-order valence-corrected chi connectivity index (χ4v) is 3.81. The Kier molecular flexibility index (Phi) is 6.05. The summed E-state index contributed by atoms with van der Waals surface area (Å²) in [4.78, 5) is 2.49. The Morgan fingerprint density at radius 1 is 1.32 bits per heavy atom. The second-order valence-corrected chi connectivity index (χ2v) is 6.65. The Morgan fingerprint density at radius 2 is 2.11 bits per heavy atom. The molecule has 0 aromatic heterocycles. The van der Waals surface area contributed by atoms with E-state index in [1.165, 1.54) is 42.9 Å². The SMILES string of the molecule is CCN(CCSC1CCNCC1)c1cccc(C)c1. The molecule has 0 radical (unpaired) electrons. The predicted molar refractivity (Wildman–Crippen MR) is 87.4 cm³/mol. The summed E-state index contributed by atoms with van der Waals surface area (Å²) < 4.78 is 0. The van der Waals surface area contributed by atoms with E-state index in [1.54, 1.807) is 0 Å². The number of hydrogen-bond acceptors (Lipinski definition) is 3. The number of hydrogen-bond donors (Lipinski definition) is 1. The number of nitrogens with one attached hydrogen (secondary N) is 1. The summed E-state index contributed by atoms with van der Waals surface area (Å²) in [7, 11) is 0. The number of benzene rings is 1. The number of anilines is 1. The van der Waals surface area contributed by atoms with Gasteiger partial charge in [0.25, 0.3) is 0 Å². The zero-order valence-electron chi connectivity index (χ0n) is 12.2. The maximum absolute atomic E-state index is 3.43. The van der Waals surface area contributed by atoms with Crippen LogP contribution in [0, 0.1) is 6.92 Å². The molecule has 1 aliphatic heterocycles. The maximum Gasteiger partial charge on any atom is 0.0369 e. The maximum atomic E-state index is 3.43. The summed E-state index contributed by atoms with van der Waals surface area (Å²) in [6.45, 7) is 9.07. The van der Waals surface area contributed by atoms with Crippen LogP contribution in [0.4, 0.5) is 5.69 Å². The fraction of sp³-hybridized carbons (Fsp3) is 0.625. The second-order valence-electron chi connectivity index (χ2n) is 5.24. The van der Waals surface area contributed by atoms with Gasteiger partial charge in [-0.2, -0.15) is 11.8 Å². The highest BCUT2D eigenvalue weighted by Gasteiger charge is 2.13. The Balaban J connectivity index is 1.79. The quantitative estimate of drug-likeness (QED) is 0.859. The van der Waals surface area contributed by atoms with Gasteiger partial charge in [0.2, 0.25) is 0 Å². The topological polar surface area (TPSA) is 15.3 Å².